The molecule has 0 aromatic carbocycles. The third-order valence-electron chi connectivity index (χ3n) is 1.03. The molecule has 0 amide bonds. The van der Waals surface area contributed by atoms with Crippen LogP contribution in [-0.4, -0.2) is 5.78 Å². The van der Waals surface area contributed by atoms with E-state index in [2.05, 4.69) is 0 Å². The molecule has 1 rings (SSSR count). The number of hydrogen-bond donors (Lipinski definition) is 0. The first-order chi connectivity index (χ1) is 5.15. The van der Waals surface area contributed by atoms with Crippen LogP contribution in [0.1, 0.15) is 10.4 Å². The molecule has 1 aromatic rings. The van der Waals surface area contributed by atoms with Crippen LogP contribution in [0.4, 0.5) is 0 Å². The average molecular weight is 205 g/mol. The number of terminal acetylenes is 1. The molecular weight excluding hydrogens is 203 g/mol. The van der Waals surface area contributed by atoms with Gasteiger partial charge in [0.25, 0.3) is 0 Å². The molecule has 0 atom stereocenters. The largest absolute Gasteiger partial charge is 0.279 e. The second-order valence-corrected chi connectivity index (χ2v) is 4.00. The van der Waals surface area contributed by atoms with Gasteiger partial charge in [-0.2, -0.15) is 0 Å². The lowest BCUT2D eigenvalue weighted by molar-refractivity contribution is 0.105. The standard InChI is InChI=1S/C7H2Cl2OS/c1-2-5(10)4-3-6(8)11-7(4)9/h1,3H. The zero-order valence-corrected chi connectivity index (χ0v) is 7.56. The van der Waals surface area contributed by atoms with Crippen molar-refractivity contribution in [1.82, 2.24) is 0 Å². The maximum Gasteiger partial charge on any atom is 0.238 e. The van der Waals surface area contributed by atoms with Crippen LogP contribution in [-0.2, 0) is 0 Å². The molecular formula is C7H2Cl2OS. The minimum absolute atomic E-state index is 0.309. The third kappa shape index (κ3) is 1.75. The average Bonchev–Trinajstić information content (AvgIpc) is 2.28. The van der Waals surface area contributed by atoms with Crippen LogP contribution in [0.15, 0.2) is 6.07 Å². The molecule has 0 N–H and O–H groups in total. The molecule has 11 heavy (non-hydrogen) atoms. The molecule has 0 bridgehead atoms. The Hall–Kier alpha value is -0.490. The second-order valence-electron chi connectivity index (χ2n) is 1.71. The molecule has 0 spiro atoms. The van der Waals surface area contributed by atoms with Gasteiger partial charge < -0.3 is 0 Å². The first-order valence-electron chi connectivity index (χ1n) is 2.61. The molecule has 0 fully saturated rings. The van der Waals surface area contributed by atoms with Crippen molar-refractivity contribution in [2.75, 3.05) is 0 Å². The number of rotatable bonds is 1. The Bertz CT molecular complexity index is 335. The molecule has 4 heteroatoms. The molecule has 0 unspecified atom stereocenters. The SMILES string of the molecule is C#CC(=O)c1cc(Cl)sc1Cl. The molecule has 1 nitrogen and oxygen atoms in total. The summed E-state index contributed by atoms with van der Waals surface area (Å²) in [6.45, 7) is 0. The van der Waals surface area contributed by atoms with E-state index in [1.807, 2.05) is 5.92 Å². The zero-order valence-electron chi connectivity index (χ0n) is 5.23. The molecule has 0 radical (unpaired) electrons. The molecule has 1 heterocycles. The normalized spacial score (nSPS) is 9.18. The van der Waals surface area contributed by atoms with Crippen molar-refractivity contribution < 1.29 is 4.79 Å². The van der Waals surface area contributed by atoms with E-state index < -0.39 is 5.78 Å². The zero-order chi connectivity index (χ0) is 8.43. The predicted molar refractivity (Wildman–Crippen MR) is 47.5 cm³/mol. The molecule has 0 aliphatic heterocycles. The minimum Gasteiger partial charge on any atom is -0.279 e. The Kier molecular flexibility index (Phi) is 2.56. The monoisotopic (exact) mass is 204 g/mol. The summed E-state index contributed by atoms with van der Waals surface area (Å²) in [4.78, 5) is 10.9. The fourth-order valence-electron chi connectivity index (χ4n) is 0.573. The van der Waals surface area contributed by atoms with Gasteiger partial charge in [-0.1, -0.05) is 23.2 Å². The quantitative estimate of drug-likeness (QED) is 0.391. The van der Waals surface area contributed by atoms with Gasteiger partial charge in [0.2, 0.25) is 5.78 Å². The van der Waals surface area contributed by atoms with Gasteiger partial charge in [-0.25, -0.2) is 0 Å². The molecule has 1 aromatic heterocycles. The van der Waals surface area contributed by atoms with Crippen LogP contribution >= 0.6 is 34.5 Å². The van der Waals surface area contributed by atoms with Crippen LogP contribution in [0.2, 0.25) is 8.67 Å². The number of hydrogen-bond acceptors (Lipinski definition) is 2. The Morgan fingerprint density at radius 3 is 2.64 bits per heavy atom. The Balaban J connectivity index is 3.15. The van der Waals surface area contributed by atoms with Gasteiger partial charge in [0.05, 0.1) is 9.90 Å². The van der Waals surface area contributed by atoms with Gasteiger partial charge in [-0.05, 0) is 12.0 Å². The Morgan fingerprint density at radius 2 is 2.27 bits per heavy atom. The number of carbonyl (C=O) groups is 1. The highest BCUT2D eigenvalue weighted by Gasteiger charge is 2.11. The van der Waals surface area contributed by atoms with E-state index in [0.29, 0.717) is 14.2 Å². The lowest BCUT2D eigenvalue weighted by Crippen LogP contribution is -1.90. The number of carbonyl (C=O) groups excluding carboxylic acids is 1. The van der Waals surface area contributed by atoms with Crippen molar-refractivity contribution in [3.63, 3.8) is 0 Å². The maximum absolute atomic E-state index is 10.9. The minimum atomic E-state index is -0.432. The third-order valence-corrected chi connectivity index (χ3v) is 2.52. The number of halogens is 2. The first kappa shape index (κ1) is 8.61. The lowest BCUT2D eigenvalue weighted by atomic mass is 10.2. The highest BCUT2D eigenvalue weighted by molar-refractivity contribution is 7.20. The van der Waals surface area contributed by atoms with Crippen LogP contribution in [0, 0.1) is 12.3 Å². The summed E-state index contributed by atoms with van der Waals surface area (Å²) in [5, 5.41) is 0. The molecule has 0 saturated carbocycles. The van der Waals surface area contributed by atoms with Crippen molar-refractivity contribution in [2.45, 2.75) is 0 Å². The van der Waals surface area contributed by atoms with E-state index in [1.54, 1.807) is 0 Å². The van der Waals surface area contributed by atoms with E-state index >= 15 is 0 Å². The van der Waals surface area contributed by atoms with E-state index in [-0.39, 0.29) is 0 Å². The summed E-state index contributed by atoms with van der Waals surface area (Å²) < 4.78 is 0.812. The van der Waals surface area contributed by atoms with Crippen molar-refractivity contribution in [3.05, 3.63) is 20.3 Å². The molecule has 0 aliphatic carbocycles. The van der Waals surface area contributed by atoms with Gasteiger partial charge in [0.15, 0.2) is 0 Å². The highest BCUT2D eigenvalue weighted by atomic mass is 35.5. The predicted octanol–water partition coefficient (Wildman–Crippen LogP) is 2.87. The van der Waals surface area contributed by atoms with E-state index in [4.69, 9.17) is 29.6 Å². The van der Waals surface area contributed by atoms with Gasteiger partial charge in [0, 0.05) is 0 Å². The van der Waals surface area contributed by atoms with Crippen molar-refractivity contribution in [3.8, 4) is 12.3 Å². The summed E-state index contributed by atoms with van der Waals surface area (Å²) in [6, 6.07) is 1.47. The Labute approximate surface area is 77.9 Å². The van der Waals surface area contributed by atoms with E-state index in [9.17, 15) is 4.79 Å². The second kappa shape index (κ2) is 3.27. The topological polar surface area (TPSA) is 17.1 Å². The van der Waals surface area contributed by atoms with E-state index in [0.717, 1.165) is 11.3 Å². The summed E-state index contributed by atoms with van der Waals surface area (Å²) in [5.41, 5.74) is 0.309. The van der Waals surface area contributed by atoms with Gasteiger partial charge in [-0.15, -0.1) is 17.8 Å². The fraction of sp³-hybridized carbons (Fsp3) is 0. The van der Waals surface area contributed by atoms with E-state index in [1.165, 1.54) is 6.07 Å². The van der Waals surface area contributed by atoms with Crippen molar-refractivity contribution in [1.29, 1.82) is 0 Å². The molecule has 0 aliphatic rings. The molecule has 56 valence electrons. The lowest BCUT2D eigenvalue weighted by Gasteiger charge is -1.84. The highest BCUT2D eigenvalue weighted by Crippen LogP contribution is 2.31. The first-order valence-corrected chi connectivity index (χ1v) is 4.18. The summed E-state index contributed by atoms with van der Waals surface area (Å²) >= 11 is 12.3. The van der Waals surface area contributed by atoms with Gasteiger partial charge >= 0.3 is 0 Å². The maximum atomic E-state index is 10.9. The number of Topliss-reactive ketones (excluding diaryl/α,β-unsaturated/α-hetero) is 1. The van der Waals surface area contributed by atoms with Crippen LogP contribution in [0.5, 0.6) is 0 Å². The van der Waals surface area contributed by atoms with Gasteiger partial charge in [0.1, 0.15) is 4.34 Å². The van der Waals surface area contributed by atoms with Crippen LogP contribution in [0.3, 0.4) is 0 Å². The summed E-state index contributed by atoms with van der Waals surface area (Å²) in [5.74, 6) is 1.53. The number of ketones is 1. The van der Waals surface area contributed by atoms with Gasteiger partial charge in [-0.3, -0.25) is 4.79 Å². The van der Waals surface area contributed by atoms with Crippen LogP contribution in [0.25, 0.3) is 0 Å². The summed E-state index contributed by atoms with van der Waals surface area (Å²) in [7, 11) is 0. The molecule has 0 saturated heterocycles. The van der Waals surface area contributed by atoms with Crippen LogP contribution < -0.4 is 0 Å². The number of thiophene rings is 1. The van der Waals surface area contributed by atoms with Crippen molar-refractivity contribution >= 4 is 40.3 Å². The summed E-state index contributed by atoms with van der Waals surface area (Å²) in [6.07, 6.45) is 4.89. The van der Waals surface area contributed by atoms with Crippen molar-refractivity contribution in [2.24, 2.45) is 0 Å². The smallest absolute Gasteiger partial charge is 0.238 e. The fourth-order valence-corrected chi connectivity index (χ4v) is 2.03. The Morgan fingerprint density at radius 1 is 1.64 bits per heavy atom.